The number of para-hydroxylation sites is 1. The molecule has 2 amide bonds. The molecule has 4 nitrogen and oxygen atoms in total. The van der Waals surface area contributed by atoms with Crippen LogP contribution in [0.3, 0.4) is 0 Å². The van der Waals surface area contributed by atoms with Crippen LogP contribution >= 0.6 is 23.2 Å². The molecule has 0 aliphatic heterocycles. The summed E-state index contributed by atoms with van der Waals surface area (Å²) in [7, 11) is 0. The van der Waals surface area contributed by atoms with E-state index >= 15 is 0 Å². The van der Waals surface area contributed by atoms with Gasteiger partial charge in [-0.15, -0.1) is 0 Å². The predicted molar refractivity (Wildman–Crippen MR) is 94.3 cm³/mol. The summed E-state index contributed by atoms with van der Waals surface area (Å²) in [6.45, 7) is 3.12. The van der Waals surface area contributed by atoms with Gasteiger partial charge in [-0.2, -0.15) is 0 Å². The fourth-order valence-corrected chi connectivity index (χ4v) is 2.76. The van der Waals surface area contributed by atoms with Crippen LogP contribution in [0.1, 0.15) is 12.5 Å². The molecule has 0 saturated carbocycles. The Balaban J connectivity index is 2.20. The minimum atomic E-state index is -0.332. The first-order valence-corrected chi connectivity index (χ1v) is 7.72. The van der Waals surface area contributed by atoms with E-state index in [9.17, 15) is 9.59 Å². The number of carbonyl (C=O) groups excluding carboxylic acids is 2. The maximum Gasteiger partial charge on any atom is 0.244 e. The summed E-state index contributed by atoms with van der Waals surface area (Å²) in [6, 6.07) is 12.3. The van der Waals surface area contributed by atoms with Gasteiger partial charge in [0.15, 0.2) is 0 Å². The van der Waals surface area contributed by atoms with Crippen molar-refractivity contribution in [2.45, 2.75) is 13.8 Å². The van der Waals surface area contributed by atoms with Crippen molar-refractivity contribution in [2.75, 3.05) is 16.8 Å². The highest BCUT2D eigenvalue weighted by molar-refractivity contribution is 6.40. The van der Waals surface area contributed by atoms with Crippen LogP contribution in [0.25, 0.3) is 0 Å². The third kappa shape index (κ3) is 4.47. The number of anilines is 2. The van der Waals surface area contributed by atoms with E-state index in [1.54, 1.807) is 24.3 Å². The van der Waals surface area contributed by atoms with Gasteiger partial charge in [-0.25, -0.2) is 0 Å². The lowest BCUT2D eigenvalue weighted by Crippen LogP contribution is -2.37. The smallest absolute Gasteiger partial charge is 0.244 e. The van der Waals surface area contributed by atoms with Crippen molar-refractivity contribution >= 4 is 46.4 Å². The van der Waals surface area contributed by atoms with Gasteiger partial charge in [0, 0.05) is 12.6 Å². The molecule has 0 fully saturated rings. The molecular weight excluding hydrogens is 335 g/mol. The van der Waals surface area contributed by atoms with Gasteiger partial charge in [-0.05, 0) is 36.8 Å². The van der Waals surface area contributed by atoms with Gasteiger partial charge < -0.3 is 10.2 Å². The van der Waals surface area contributed by atoms with Crippen LogP contribution in [0.4, 0.5) is 11.4 Å². The first-order chi connectivity index (χ1) is 10.9. The second kappa shape index (κ2) is 7.49. The monoisotopic (exact) mass is 350 g/mol. The average Bonchev–Trinajstić information content (AvgIpc) is 2.45. The number of nitrogens with zero attached hydrogens (tertiary/aromatic N) is 1. The minimum Gasteiger partial charge on any atom is -0.325 e. The highest BCUT2D eigenvalue weighted by Crippen LogP contribution is 2.33. The Bertz CT molecular complexity index is 727. The molecule has 120 valence electrons. The number of nitrogens with one attached hydrogen (secondary N) is 1. The van der Waals surface area contributed by atoms with Gasteiger partial charge in [0.1, 0.15) is 6.54 Å². The van der Waals surface area contributed by atoms with Crippen LogP contribution < -0.4 is 10.2 Å². The number of halogens is 2. The lowest BCUT2D eigenvalue weighted by molar-refractivity contribution is -0.120. The number of amides is 2. The Kier molecular flexibility index (Phi) is 5.64. The van der Waals surface area contributed by atoms with Crippen molar-refractivity contribution in [1.29, 1.82) is 0 Å². The molecule has 0 unspecified atom stereocenters. The molecule has 0 aliphatic carbocycles. The lowest BCUT2D eigenvalue weighted by atomic mass is 10.2. The summed E-state index contributed by atoms with van der Waals surface area (Å²) in [6.07, 6.45) is 0. The van der Waals surface area contributed by atoms with Crippen molar-refractivity contribution in [3.05, 3.63) is 58.1 Å². The van der Waals surface area contributed by atoms with Crippen LogP contribution in [0, 0.1) is 6.92 Å². The largest absolute Gasteiger partial charge is 0.325 e. The molecule has 23 heavy (non-hydrogen) atoms. The van der Waals surface area contributed by atoms with Crippen molar-refractivity contribution in [1.82, 2.24) is 0 Å². The topological polar surface area (TPSA) is 49.4 Å². The molecule has 0 aromatic heterocycles. The van der Waals surface area contributed by atoms with E-state index < -0.39 is 0 Å². The Hall–Kier alpha value is -2.04. The first-order valence-electron chi connectivity index (χ1n) is 6.97. The fraction of sp³-hybridized carbons (Fsp3) is 0.176. The number of hydrogen-bond donors (Lipinski definition) is 1. The molecule has 2 rings (SSSR count). The van der Waals surface area contributed by atoms with E-state index in [0.717, 1.165) is 5.56 Å². The number of aryl methyl sites for hydroxylation is 1. The molecule has 0 radical (unpaired) electrons. The van der Waals surface area contributed by atoms with E-state index in [2.05, 4.69) is 5.32 Å². The summed E-state index contributed by atoms with van der Waals surface area (Å²) >= 11 is 12.2. The zero-order valence-electron chi connectivity index (χ0n) is 12.8. The molecule has 2 aromatic rings. The maximum atomic E-state index is 12.2. The molecule has 0 aliphatic rings. The number of hydrogen-bond acceptors (Lipinski definition) is 2. The van der Waals surface area contributed by atoms with E-state index in [-0.39, 0.29) is 18.4 Å². The maximum absolute atomic E-state index is 12.2. The van der Waals surface area contributed by atoms with Crippen molar-refractivity contribution in [3.8, 4) is 0 Å². The zero-order chi connectivity index (χ0) is 17.0. The summed E-state index contributed by atoms with van der Waals surface area (Å²) < 4.78 is 0. The van der Waals surface area contributed by atoms with Crippen molar-refractivity contribution < 1.29 is 9.59 Å². The predicted octanol–water partition coefficient (Wildman–Crippen LogP) is 4.29. The van der Waals surface area contributed by atoms with E-state index in [4.69, 9.17) is 23.2 Å². The SMILES string of the molecule is CC(=O)N(CC(=O)Nc1cccc(C)c1)c1c(Cl)cccc1Cl. The van der Waals surface area contributed by atoms with Gasteiger partial charge in [0.2, 0.25) is 11.8 Å². The van der Waals surface area contributed by atoms with Gasteiger partial charge in [0.25, 0.3) is 0 Å². The molecule has 0 saturated heterocycles. The standard InChI is InChI=1S/C17H16Cl2N2O2/c1-11-5-3-6-13(9-11)20-16(23)10-21(12(2)22)17-14(18)7-4-8-15(17)19/h3-9H,10H2,1-2H3,(H,20,23). The van der Waals surface area contributed by atoms with Gasteiger partial charge in [-0.1, -0.05) is 41.4 Å². The minimum absolute atomic E-state index is 0.174. The summed E-state index contributed by atoms with van der Waals surface area (Å²) in [5.74, 6) is -0.652. The summed E-state index contributed by atoms with van der Waals surface area (Å²) in [5, 5.41) is 3.39. The van der Waals surface area contributed by atoms with Crippen molar-refractivity contribution in [2.24, 2.45) is 0 Å². The Labute approximate surface area is 145 Å². The third-order valence-corrected chi connectivity index (χ3v) is 3.80. The van der Waals surface area contributed by atoms with E-state index in [0.29, 0.717) is 21.4 Å². The van der Waals surface area contributed by atoms with Gasteiger partial charge in [0.05, 0.1) is 15.7 Å². The molecule has 0 spiro atoms. The van der Waals surface area contributed by atoms with Crippen LogP contribution in [0.2, 0.25) is 10.0 Å². The Morgan fingerprint density at radius 3 is 2.26 bits per heavy atom. The molecule has 6 heteroatoms. The normalized spacial score (nSPS) is 10.3. The molecule has 0 heterocycles. The van der Waals surface area contributed by atoms with E-state index in [1.807, 2.05) is 25.1 Å². The van der Waals surface area contributed by atoms with Gasteiger partial charge in [-0.3, -0.25) is 9.59 Å². The lowest BCUT2D eigenvalue weighted by Gasteiger charge is -2.23. The summed E-state index contributed by atoms with van der Waals surface area (Å²) in [5.41, 5.74) is 2.03. The van der Waals surface area contributed by atoms with Crippen LogP contribution in [-0.2, 0) is 9.59 Å². The first kappa shape index (κ1) is 17.3. The number of benzene rings is 2. The van der Waals surface area contributed by atoms with Crippen LogP contribution in [0.15, 0.2) is 42.5 Å². The third-order valence-electron chi connectivity index (χ3n) is 3.19. The zero-order valence-corrected chi connectivity index (χ0v) is 14.3. The fourth-order valence-electron chi connectivity index (χ4n) is 2.16. The molecule has 0 atom stereocenters. The second-order valence-electron chi connectivity index (χ2n) is 5.09. The summed E-state index contributed by atoms with van der Waals surface area (Å²) in [4.78, 5) is 25.4. The Morgan fingerprint density at radius 2 is 1.70 bits per heavy atom. The second-order valence-corrected chi connectivity index (χ2v) is 5.91. The quantitative estimate of drug-likeness (QED) is 0.893. The number of rotatable bonds is 4. The average molecular weight is 351 g/mol. The highest BCUT2D eigenvalue weighted by Gasteiger charge is 2.21. The van der Waals surface area contributed by atoms with Crippen LogP contribution in [-0.4, -0.2) is 18.4 Å². The van der Waals surface area contributed by atoms with Gasteiger partial charge >= 0.3 is 0 Å². The molecule has 0 bridgehead atoms. The molecular formula is C17H16Cl2N2O2. The van der Waals surface area contributed by atoms with E-state index in [1.165, 1.54) is 11.8 Å². The van der Waals surface area contributed by atoms with Crippen molar-refractivity contribution in [3.63, 3.8) is 0 Å². The molecule has 1 N–H and O–H groups in total. The Morgan fingerprint density at radius 1 is 1.09 bits per heavy atom. The number of carbonyl (C=O) groups is 2. The highest BCUT2D eigenvalue weighted by atomic mass is 35.5. The van der Waals surface area contributed by atoms with Crippen LogP contribution in [0.5, 0.6) is 0 Å². The molecule has 2 aromatic carbocycles.